The number of benzene rings is 2. The molecular weight excluding hydrogens is 290 g/mol. The maximum Gasteiger partial charge on any atom is 0.258 e. The van der Waals surface area contributed by atoms with Crippen molar-refractivity contribution >= 4 is 22.7 Å². The Morgan fingerprint density at radius 1 is 1.14 bits per heavy atom. The standard InChI is InChI=1S/C19H17NOS/c1-2-15-12-20-18-14(9-6-10-17(18)22-15)11-16(19(20)21)13-7-4-3-5-8-13/h3-11,15H,2,12H2,1H3/t15-/m0/s1. The number of thioether (sulfide) groups is 1. The number of hydrogen-bond donors (Lipinski definition) is 0. The fourth-order valence-corrected chi connectivity index (χ4v) is 4.38. The first-order valence-corrected chi connectivity index (χ1v) is 8.54. The lowest BCUT2D eigenvalue weighted by atomic mass is 10.0. The summed E-state index contributed by atoms with van der Waals surface area (Å²) in [6.45, 7) is 2.99. The maximum absolute atomic E-state index is 13.0. The number of para-hydroxylation sites is 1. The van der Waals surface area contributed by atoms with Gasteiger partial charge in [-0.25, -0.2) is 0 Å². The Labute approximate surface area is 133 Å². The lowest BCUT2D eigenvalue weighted by molar-refractivity contribution is 0.636. The normalized spacial score (nSPS) is 16.9. The van der Waals surface area contributed by atoms with Gasteiger partial charge in [-0.1, -0.05) is 49.4 Å². The second kappa shape index (κ2) is 5.33. The first-order chi connectivity index (χ1) is 10.8. The molecule has 0 unspecified atom stereocenters. The van der Waals surface area contributed by atoms with Gasteiger partial charge in [0.15, 0.2) is 0 Å². The number of pyridine rings is 1. The van der Waals surface area contributed by atoms with Gasteiger partial charge in [0, 0.05) is 27.6 Å². The van der Waals surface area contributed by atoms with Crippen LogP contribution in [0.2, 0.25) is 0 Å². The van der Waals surface area contributed by atoms with Crippen LogP contribution in [0.1, 0.15) is 13.3 Å². The van der Waals surface area contributed by atoms with E-state index in [1.807, 2.05) is 52.7 Å². The molecule has 110 valence electrons. The van der Waals surface area contributed by atoms with Crippen molar-refractivity contribution in [3.63, 3.8) is 0 Å². The molecule has 0 aliphatic carbocycles. The molecule has 0 bridgehead atoms. The van der Waals surface area contributed by atoms with Gasteiger partial charge in [0.1, 0.15) is 0 Å². The Hall–Kier alpha value is -2.00. The predicted molar refractivity (Wildman–Crippen MR) is 93.6 cm³/mol. The summed E-state index contributed by atoms with van der Waals surface area (Å²) in [6.07, 6.45) is 1.07. The zero-order chi connectivity index (χ0) is 15.1. The van der Waals surface area contributed by atoms with Gasteiger partial charge in [-0.3, -0.25) is 4.79 Å². The minimum atomic E-state index is 0.130. The van der Waals surface area contributed by atoms with Crippen LogP contribution in [0.15, 0.2) is 64.3 Å². The van der Waals surface area contributed by atoms with Crippen molar-refractivity contribution in [1.82, 2.24) is 4.57 Å². The summed E-state index contributed by atoms with van der Waals surface area (Å²) in [7, 11) is 0. The molecule has 1 aliphatic rings. The van der Waals surface area contributed by atoms with Gasteiger partial charge in [0.05, 0.1) is 5.52 Å². The largest absolute Gasteiger partial charge is 0.305 e. The molecule has 4 rings (SSSR count). The van der Waals surface area contributed by atoms with Crippen LogP contribution in [0.4, 0.5) is 0 Å². The quantitative estimate of drug-likeness (QED) is 0.693. The molecule has 3 heteroatoms. The average Bonchev–Trinajstić information content (AvgIpc) is 2.58. The molecule has 1 aliphatic heterocycles. The Kier molecular flexibility index (Phi) is 3.30. The van der Waals surface area contributed by atoms with Gasteiger partial charge in [0.25, 0.3) is 5.56 Å². The molecule has 0 radical (unpaired) electrons. The van der Waals surface area contributed by atoms with Crippen LogP contribution >= 0.6 is 11.8 Å². The fraction of sp³-hybridized carbons (Fsp3) is 0.211. The van der Waals surface area contributed by atoms with Crippen molar-refractivity contribution in [3.05, 3.63) is 65.0 Å². The van der Waals surface area contributed by atoms with Gasteiger partial charge in [-0.05, 0) is 24.1 Å². The highest BCUT2D eigenvalue weighted by Gasteiger charge is 2.22. The molecule has 3 aromatic rings. The molecule has 2 aromatic carbocycles. The lowest BCUT2D eigenvalue weighted by Crippen LogP contribution is -2.29. The number of aromatic nitrogens is 1. The van der Waals surface area contributed by atoms with Crippen molar-refractivity contribution in [2.75, 3.05) is 0 Å². The molecule has 1 aromatic heterocycles. The summed E-state index contributed by atoms with van der Waals surface area (Å²) in [5.74, 6) is 0. The van der Waals surface area contributed by atoms with Crippen LogP contribution in [0, 0.1) is 0 Å². The van der Waals surface area contributed by atoms with E-state index in [1.54, 1.807) is 0 Å². The minimum absolute atomic E-state index is 0.130. The molecule has 1 atom stereocenters. The minimum Gasteiger partial charge on any atom is -0.305 e. The Balaban J connectivity index is 2.04. The third kappa shape index (κ3) is 2.08. The molecule has 2 nitrogen and oxygen atoms in total. The van der Waals surface area contributed by atoms with Crippen LogP contribution in [-0.4, -0.2) is 9.82 Å². The zero-order valence-electron chi connectivity index (χ0n) is 12.5. The van der Waals surface area contributed by atoms with Crippen molar-refractivity contribution < 1.29 is 0 Å². The summed E-state index contributed by atoms with van der Waals surface area (Å²) < 4.78 is 1.98. The topological polar surface area (TPSA) is 22.0 Å². The van der Waals surface area contributed by atoms with Crippen molar-refractivity contribution in [3.8, 4) is 11.1 Å². The molecule has 0 saturated heterocycles. The van der Waals surface area contributed by atoms with Crippen LogP contribution in [0.3, 0.4) is 0 Å². The third-order valence-electron chi connectivity index (χ3n) is 4.30. The third-order valence-corrected chi connectivity index (χ3v) is 5.69. The molecule has 2 heterocycles. The number of nitrogens with zero attached hydrogens (tertiary/aromatic N) is 1. The van der Waals surface area contributed by atoms with E-state index in [4.69, 9.17) is 0 Å². The van der Waals surface area contributed by atoms with E-state index in [0.717, 1.165) is 35.0 Å². The maximum atomic E-state index is 13.0. The number of rotatable bonds is 2. The van der Waals surface area contributed by atoms with Gasteiger partial charge in [-0.15, -0.1) is 11.8 Å². The van der Waals surface area contributed by atoms with E-state index in [1.165, 1.54) is 4.90 Å². The average molecular weight is 307 g/mol. The Bertz CT molecular complexity index is 898. The SMILES string of the molecule is CC[C@H]1Cn2c(=O)c(-c3ccccc3)cc3cccc(c32)S1. The zero-order valence-corrected chi connectivity index (χ0v) is 13.3. The van der Waals surface area contributed by atoms with Crippen molar-refractivity contribution in [2.45, 2.75) is 30.0 Å². The summed E-state index contributed by atoms with van der Waals surface area (Å²) in [6, 6.07) is 18.3. The van der Waals surface area contributed by atoms with Gasteiger partial charge in [-0.2, -0.15) is 0 Å². The van der Waals surface area contributed by atoms with Crippen molar-refractivity contribution in [1.29, 1.82) is 0 Å². The smallest absolute Gasteiger partial charge is 0.258 e. The highest BCUT2D eigenvalue weighted by molar-refractivity contribution is 8.00. The van der Waals surface area contributed by atoms with Gasteiger partial charge < -0.3 is 4.57 Å². The van der Waals surface area contributed by atoms with E-state index in [2.05, 4.69) is 25.1 Å². The Morgan fingerprint density at radius 2 is 1.95 bits per heavy atom. The summed E-state index contributed by atoms with van der Waals surface area (Å²) in [4.78, 5) is 14.2. The Morgan fingerprint density at radius 3 is 2.73 bits per heavy atom. The second-order valence-corrected chi connectivity index (χ2v) is 7.02. The van der Waals surface area contributed by atoms with E-state index >= 15 is 0 Å². The lowest BCUT2D eigenvalue weighted by Gasteiger charge is -2.26. The van der Waals surface area contributed by atoms with Crippen LogP contribution in [-0.2, 0) is 6.54 Å². The fourth-order valence-electron chi connectivity index (χ4n) is 3.14. The highest BCUT2D eigenvalue weighted by Crippen LogP contribution is 2.37. The summed E-state index contributed by atoms with van der Waals surface area (Å²) in [5, 5.41) is 1.62. The van der Waals surface area contributed by atoms with Crippen LogP contribution in [0.25, 0.3) is 22.0 Å². The summed E-state index contributed by atoms with van der Waals surface area (Å²) in [5.41, 5.74) is 3.02. The molecule has 22 heavy (non-hydrogen) atoms. The van der Waals surface area contributed by atoms with E-state index < -0.39 is 0 Å². The molecule has 0 N–H and O–H groups in total. The van der Waals surface area contributed by atoms with E-state index in [9.17, 15) is 4.79 Å². The monoisotopic (exact) mass is 307 g/mol. The van der Waals surface area contributed by atoms with Gasteiger partial charge in [0.2, 0.25) is 0 Å². The van der Waals surface area contributed by atoms with Gasteiger partial charge >= 0.3 is 0 Å². The summed E-state index contributed by atoms with van der Waals surface area (Å²) >= 11 is 1.90. The number of hydrogen-bond acceptors (Lipinski definition) is 2. The van der Waals surface area contributed by atoms with Crippen LogP contribution in [0.5, 0.6) is 0 Å². The first kappa shape index (κ1) is 13.6. The molecule has 0 spiro atoms. The second-order valence-electron chi connectivity index (χ2n) is 5.68. The van der Waals surface area contributed by atoms with E-state index in [0.29, 0.717) is 5.25 Å². The predicted octanol–water partition coefficient (Wildman–Crippen LogP) is 4.55. The molecule has 0 fully saturated rings. The van der Waals surface area contributed by atoms with Crippen molar-refractivity contribution in [2.24, 2.45) is 0 Å². The van der Waals surface area contributed by atoms with E-state index in [-0.39, 0.29) is 5.56 Å². The molecule has 0 amide bonds. The highest BCUT2D eigenvalue weighted by atomic mass is 32.2. The first-order valence-electron chi connectivity index (χ1n) is 7.66. The van der Waals surface area contributed by atoms with Crippen LogP contribution < -0.4 is 5.56 Å². The molecule has 0 saturated carbocycles. The molecular formula is C19H17NOS.